The summed E-state index contributed by atoms with van der Waals surface area (Å²) in [6, 6.07) is 13.3. The van der Waals surface area contributed by atoms with Crippen molar-refractivity contribution in [3.8, 4) is 17.2 Å². The molecule has 0 radical (unpaired) electrons. The molecule has 3 aromatic rings. The van der Waals surface area contributed by atoms with Gasteiger partial charge < -0.3 is 29.3 Å². The van der Waals surface area contributed by atoms with E-state index in [1.807, 2.05) is 58.0 Å². The zero-order valence-electron chi connectivity index (χ0n) is 23.7. The van der Waals surface area contributed by atoms with E-state index in [1.54, 1.807) is 13.2 Å². The van der Waals surface area contributed by atoms with Gasteiger partial charge in [-0.2, -0.15) is 0 Å². The third-order valence-corrected chi connectivity index (χ3v) is 9.83. The molecule has 8 nitrogen and oxygen atoms in total. The van der Waals surface area contributed by atoms with E-state index in [9.17, 15) is 14.7 Å². The second-order valence-electron chi connectivity index (χ2n) is 11.0. The standard InChI is InChI=1S/C32H37N3O5S/c1-33-25-19-29(28(39-2)17-24(25)32(38)34-13-8-16-41-31(33)20-34)40-15-7-3-4-11-30(37)35-14-12-22-21-9-5-6-10-23(21)27(36)18-26(22)35/h5-6,9-10,17-19,31,36H,3-4,7-8,11-16,20H2,1-2H3. The zero-order valence-corrected chi connectivity index (χ0v) is 24.5. The van der Waals surface area contributed by atoms with Gasteiger partial charge in [0.2, 0.25) is 5.91 Å². The first-order valence-corrected chi connectivity index (χ1v) is 15.5. The summed E-state index contributed by atoms with van der Waals surface area (Å²) in [6.07, 6.45) is 4.69. The smallest absolute Gasteiger partial charge is 0.256 e. The van der Waals surface area contributed by atoms with E-state index < -0.39 is 0 Å². The Morgan fingerprint density at radius 1 is 1.05 bits per heavy atom. The van der Waals surface area contributed by atoms with Gasteiger partial charge in [0.1, 0.15) is 5.75 Å². The predicted molar refractivity (Wildman–Crippen MR) is 164 cm³/mol. The van der Waals surface area contributed by atoms with Gasteiger partial charge in [-0.1, -0.05) is 24.3 Å². The van der Waals surface area contributed by atoms with Gasteiger partial charge in [0.05, 0.1) is 42.6 Å². The normalized spacial score (nSPS) is 18.1. The van der Waals surface area contributed by atoms with Crippen molar-refractivity contribution in [1.29, 1.82) is 0 Å². The maximum absolute atomic E-state index is 13.3. The number of anilines is 2. The van der Waals surface area contributed by atoms with E-state index in [-0.39, 0.29) is 22.9 Å². The summed E-state index contributed by atoms with van der Waals surface area (Å²) in [5, 5.41) is 12.6. The third kappa shape index (κ3) is 5.27. The molecule has 1 fully saturated rings. The van der Waals surface area contributed by atoms with Crippen LogP contribution in [0, 0.1) is 0 Å². The van der Waals surface area contributed by atoms with Crippen LogP contribution < -0.4 is 19.3 Å². The molecule has 1 atom stereocenters. The number of methoxy groups -OCH3 is 1. The second kappa shape index (κ2) is 11.7. The molecular weight excluding hydrogens is 538 g/mol. The Labute approximate surface area is 245 Å². The number of aromatic hydroxyl groups is 1. The highest BCUT2D eigenvalue weighted by Crippen LogP contribution is 2.41. The Bertz CT molecular complexity index is 1480. The minimum atomic E-state index is 0.0513. The number of amides is 2. The average Bonchev–Trinajstić information content (AvgIpc) is 3.21. The van der Waals surface area contributed by atoms with Crippen molar-refractivity contribution in [3.63, 3.8) is 0 Å². The van der Waals surface area contributed by atoms with Gasteiger partial charge >= 0.3 is 0 Å². The Balaban J connectivity index is 1.04. The summed E-state index contributed by atoms with van der Waals surface area (Å²) in [6.45, 7) is 2.64. The van der Waals surface area contributed by atoms with Crippen LogP contribution in [0.25, 0.3) is 10.8 Å². The third-order valence-electron chi connectivity index (χ3n) is 8.45. The van der Waals surface area contributed by atoms with Crippen molar-refractivity contribution in [2.24, 2.45) is 0 Å². The van der Waals surface area contributed by atoms with Crippen molar-refractivity contribution in [2.75, 3.05) is 56.0 Å². The van der Waals surface area contributed by atoms with Crippen LogP contribution in [-0.2, 0) is 11.2 Å². The number of phenolic OH excluding ortho intramolecular Hbond substituents is 1. The SMILES string of the molecule is COc1cc2c(cc1OCCCCCC(=O)N1CCc3c1cc(O)c1ccccc31)N(C)C1CN(CCCS1)C2=O. The number of ether oxygens (including phenoxy) is 2. The number of fused-ring (bicyclic) bond motifs is 6. The summed E-state index contributed by atoms with van der Waals surface area (Å²) in [5.41, 5.74) is 3.51. The van der Waals surface area contributed by atoms with Crippen LogP contribution in [0.1, 0.15) is 48.0 Å². The molecule has 0 spiro atoms. The fourth-order valence-electron chi connectivity index (χ4n) is 6.22. The quantitative estimate of drug-likeness (QED) is 0.358. The van der Waals surface area contributed by atoms with E-state index >= 15 is 0 Å². The summed E-state index contributed by atoms with van der Waals surface area (Å²) in [5.74, 6) is 2.60. The van der Waals surface area contributed by atoms with E-state index in [1.165, 1.54) is 0 Å². The Kier molecular flexibility index (Phi) is 7.88. The fourth-order valence-corrected chi connectivity index (χ4v) is 7.41. The van der Waals surface area contributed by atoms with E-state index in [0.717, 1.165) is 72.1 Å². The Morgan fingerprint density at radius 2 is 1.88 bits per heavy atom. The molecule has 1 unspecified atom stereocenters. The van der Waals surface area contributed by atoms with E-state index in [2.05, 4.69) is 11.9 Å². The van der Waals surface area contributed by atoms with Crippen LogP contribution in [0.15, 0.2) is 42.5 Å². The van der Waals surface area contributed by atoms with Gasteiger partial charge in [-0.15, -0.1) is 11.8 Å². The van der Waals surface area contributed by atoms with Crippen LogP contribution >= 0.6 is 11.8 Å². The molecule has 3 heterocycles. The van der Waals surface area contributed by atoms with Gasteiger partial charge in [0.15, 0.2) is 11.5 Å². The molecule has 3 aliphatic heterocycles. The molecule has 3 aliphatic rings. The number of carbonyl (C=O) groups is 2. The predicted octanol–water partition coefficient (Wildman–Crippen LogP) is 5.44. The number of rotatable bonds is 8. The summed E-state index contributed by atoms with van der Waals surface area (Å²) < 4.78 is 11.8. The van der Waals surface area contributed by atoms with Crippen molar-refractivity contribution in [1.82, 2.24) is 4.90 Å². The second-order valence-corrected chi connectivity index (χ2v) is 12.2. The number of carbonyl (C=O) groups excluding carboxylic acids is 2. The van der Waals surface area contributed by atoms with Gasteiger partial charge in [0.25, 0.3) is 5.91 Å². The van der Waals surface area contributed by atoms with Crippen LogP contribution in [-0.4, -0.2) is 73.3 Å². The summed E-state index contributed by atoms with van der Waals surface area (Å²) >= 11 is 1.89. The lowest BCUT2D eigenvalue weighted by Crippen LogP contribution is -2.38. The van der Waals surface area contributed by atoms with Gasteiger partial charge in [-0.3, -0.25) is 9.59 Å². The molecule has 1 N–H and O–H groups in total. The molecule has 6 rings (SSSR count). The largest absolute Gasteiger partial charge is 0.507 e. The molecule has 9 heteroatoms. The first-order valence-electron chi connectivity index (χ1n) is 14.5. The lowest BCUT2D eigenvalue weighted by atomic mass is 10.0. The van der Waals surface area contributed by atoms with E-state index in [0.29, 0.717) is 43.2 Å². The number of likely N-dealkylation sites (N-methyl/N-ethyl adjacent to an activating group) is 1. The lowest BCUT2D eigenvalue weighted by Gasteiger charge is -2.28. The van der Waals surface area contributed by atoms with Crippen LogP contribution in [0.4, 0.5) is 11.4 Å². The monoisotopic (exact) mass is 575 g/mol. The molecule has 3 aromatic carbocycles. The molecule has 0 aliphatic carbocycles. The number of thioether (sulfide) groups is 1. The van der Waals surface area contributed by atoms with Crippen molar-refractivity contribution in [3.05, 3.63) is 53.6 Å². The number of unbranched alkanes of at least 4 members (excludes halogenated alkanes) is 2. The number of nitrogens with zero attached hydrogens (tertiary/aromatic N) is 3. The van der Waals surface area contributed by atoms with Crippen molar-refractivity contribution >= 4 is 45.7 Å². The molecule has 0 aromatic heterocycles. The number of benzene rings is 3. The molecule has 216 valence electrons. The first-order chi connectivity index (χ1) is 20.0. The molecule has 0 saturated carbocycles. The van der Waals surface area contributed by atoms with Gasteiger partial charge in [-0.05, 0) is 54.9 Å². The van der Waals surface area contributed by atoms with Crippen LogP contribution in [0.2, 0.25) is 0 Å². The fraction of sp³-hybridized carbons (Fsp3) is 0.438. The highest BCUT2D eigenvalue weighted by atomic mass is 32.2. The zero-order chi connectivity index (χ0) is 28.5. The minimum Gasteiger partial charge on any atom is -0.507 e. The molecular formula is C32H37N3O5S. The van der Waals surface area contributed by atoms with Crippen molar-refractivity contribution in [2.45, 2.75) is 43.9 Å². The molecule has 2 bridgehead atoms. The highest BCUT2D eigenvalue weighted by Gasteiger charge is 2.34. The van der Waals surface area contributed by atoms with Gasteiger partial charge in [0, 0.05) is 44.1 Å². The first kappa shape index (κ1) is 27.6. The summed E-state index contributed by atoms with van der Waals surface area (Å²) in [7, 11) is 3.65. The topological polar surface area (TPSA) is 82.6 Å². The van der Waals surface area contributed by atoms with E-state index in [4.69, 9.17) is 9.47 Å². The average molecular weight is 576 g/mol. The molecule has 41 heavy (non-hydrogen) atoms. The molecule has 2 amide bonds. The number of hydrogen-bond acceptors (Lipinski definition) is 7. The summed E-state index contributed by atoms with van der Waals surface area (Å²) in [4.78, 5) is 32.3. The Morgan fingerprint density at radius 3 is 2.71 bits per heavy atom. The van der Waals surface area contributed by atoms with Crippen LogP contribution in [0.3, 0.4) is 0 Å². The highest BCUT2D eigenvalue weighted by molar-refractivity contribution is 8.00. The van der Waals surface area contributed by atoms with Crippen molar-refractivity contribution < 1.29 is 24.2 Å². The lowest BCUT2D eigenvalue weighted by molar-refractivity contribution is -0.118. The van der Waals surface area contributed by atoms with Crippen LogP contribution in [0.5, 0.6) is 17.2 Å². The molecule has 1 saturated heterocycles. The van der Waals surface area contributed by atoms with Gasteiger partial charge in [-0.25, -0.2) is 0 Å². The number of hydrogen-bond donors (Lipinski definition) is 1. The Hall–Kier alpha value is -3.59. The maximum Gasteiger partial charge on any atom is 0.256 e. The maximum atomic E-state index is 13.3. The minimum absolute atomic E-state index is 0.0513. The number of phenols is 1.